The quantitative estimate of drug-likeness (QED) is 0.919. The maximum Gasteiger partial charge on any atom is 0.255 e. The largest absolute Gasteiger partial charge is 0.497 e. The molecule has 24 heavy (non-hydrogen) atoms. The van der Waals surface area contributed by atoms with Crippen LogP contribution in [0.15, 0.2) is 42.5 Å². The normalized spacial score (nSPS) is 13.9. The highest BCUT2D eigenvalue weighted by molar-refractivity contribution is 6.34. The number of amides is 2. The first-order valence-corrected chi connectivity index (χ1v) is 8.01. The van der Waals surface area contributed by atoms with Crippen molar-refractivity contribution in [2.75, 3.05) is 23.9 Å². The van der Waals surface area contributed by atoms with Gasteiger partial charge < -0.3 is 15.0 Å². The lowest BCUT2D eigenvalue weighted by Crippen LogP contribution is -2.24. The molecular formula is C18H17ClN2O3. The van der Waals surface area contributed by atoms with Gasteiger partial charge in [-0.25, -0.2) is 0 Å². The van der Waals surface area contributed by atoms with Gasteiger partial charge in [-0.05, 0) is 36.8 Å². The number of rotatable bonds is 4. The topological polar surface area (TPSA) is 58.6 Å². The highest BCUT2D eigenvalue weighted by atomic mass is 35.5. The first kappa shape index (κ1) is 16.3. The van der Waals surface area contributed by atoms with Crippen LogP contribution in [0.3, 0.4) is 0 Å². The molecule has 0 atom stereocenters. The number of nitrogens with zero attached hydrogens (tertiary/aromatic N) is 1. The smallest absolute Gasteiger partial charge is 0.255 e. The Morgan fingerprint density at radius 2 is 2.08 bits per heavy atom. The molecule has 2 aromatic carbocycles. The molecule has 124 valence electrons. The van der Waals surface area contributed by atoms with Gasteiger partial charge in [0, 0.05) is 30.3 Å². The first-order chi connectivity index (χ1) is 11.6. The summed E-state index contributed by atoms with van der Waals surface area (Å²) in [6.07, 6.45) is 1.31. The van der Waals surface area contributed by atoms with Crippen molar-refractivity contribution < 1.29 is 14.3 Å². The molecule has 1 heterocycles. The van der Waals surface area contributed by atoms with Gasteiger partial charge in [-0.15, -0.1) is 0 Å². The summed E-state index contributed by atoms with van der Waals surface area (Å²) in [7, 11) is 1.57. The molecule has 0 unspecified atom stereocenters. The predicted octanol–water partition coefficient (Wildman–Crippen LogP) is 3.73. The fourth-order valence-electron chi connectivity index (χ4n) is 2.67. The minimum absolute atomic E-state index is 0.0299. The van der Waals surface area contributed by atoms with Gasteiger partial charge in [0.1, 0.15) is 5.75 Å². The molecule has 0 saturated carbocycles. The van der Waals surface area contributed by atoms with Crippen LogP contribution < -0.4 is 15.0 Å². The van der Waals surface area contributed by atoms with Crippen LogP contribution in [0.4, 0.5) is 11.4 Å². The summed E-state index contributed by atoms with van der Waals surface area (Å²) >= 11 is 6.20. The zero-order valence-electron chi connectivity index (χ0n) is 13.2. The van der Waals surface area contributed by atoms with E-state index in [0.29, 0.717) is 40.7 Å². The fourth-order valence-corrected chi connectivity index (χ4v) is 2.89. The molecule has 0 spiro atoms. The van der Waals surface area contributed by atoms with E-state index in [2.05, 4.69) is 5.32 Å². The molecular weight excluding hydrogens is 328 g/mol. The third kappa shape index (κ3) is 3.36. The second kappa shape index (κ2) is 6.93. The molecule has 0 aliphatic carbocycles. The lowest BCUT2D eigenvalue weighted by molar-refractivity contribution is -0.117. The minimum Gasteiger partial charge on any atom is -0.497 e. The third-order valence-electron chi connectivity index (χ3n) is 3.90. The van der Waals surface area contributed by atoms with Crippen LogP contribution >= 0.6 is 11.6 Å². The summed E-state index contributed by atoms with van der Waals surface area (Å²) in [5.41, 5.74) is 1.66. The van der Waals surface area contributed by atoms with Crippen molar-refractivity contribution in [3.8, 4) is 5.75 Å². The zero-order chi connectivity index (χ0) is 17.1. The van der Waals surface area contributed by atoms with Crippen molar-refractivity contribution in [1.82, 2.24) is 0 Å². The standard InChI is InChI=1S/C18H17ClN2O3/c1-24-14-5-2-4-13(11-14)20-18(23)12-7-8-15(19)16(10-12)21-9-3-6-17(21)22/h2,4-5,7-8,10-11H,3,6,9H2,1H3,(H,20,23). The summed E-state index contributed by atoms with van der Waals surface area (Å²) in [4.78, 5) is 26.0. The maximum absolute atomic E-state index is 12.5. The Balaban J connectivity index is 1.83. The van der Waals surface area contributed by atoms with E-state index in [0.717, 1.165) is 6.42 Å². The number of hydrogen-bond donors (Lipinski definition) is 1. The second-order valence-corrected chi connectivity index (χ2v) is 5.91. The van der Waals surface area contributed by atoms with E-state index < -0.39 is 0 Å². The van der Waals surface area contributed by atoms with Gasteiger partial charge in [-0.2, -0.15) is 0 Å². The number of carbonyl (C=O) groups excluding carboxylic acids is 2. The molecule has 1 N–H and O–H groups in total. The summed E-state index contributed by atoms with van der Waals surface area (Å²) in [5, 5.41) is 3.28. The number of benzene rings is 2. The van der Waals surface area contributed by atoms with E-state index in [1.807, 2.05) is 0 Å². The number of ether oxygens (including phenoxy) is 1. The van der Waals surface area contributed by atoms with Crippen molar-refractivity contribution in [2.24, 2.45) is 0 Å². The summed E-state index contributed by atoms with van der Waals surface area (Å²) in [6, 6.07) is 12.0. The fraction of sp³-hybridized carbons (Fsp3) is 0.222. The van der Waals surface area contributed by atoms with Crippen LogP contribution in [-0.2, 0) is 4.79 Å². The highest BCUT2D eigenvalue weighted by Gasteiger charge is 2.24. The van der Waals surface area contributed by atoms with Crippen molar-refractivity contribution in [1.29, 1.82) is 0 Å². The summed E-state index contributed by atoms with van der Waals surface area (Å²) in [5.74, 6) is 0.419. The van der Waals surface area contributed by atoms with E-state index >= 15 is 0 Å². The average molecular weight is 345 g/mol. The second-order valence-electron chi connectivity index (χ2n) is 5.50. The van der Waals surface area contributed by atoms with Gasteiger partial charge >= 0.3 is 0 Å². The molecule has 0 radical (unpaired) electrons. The average Bonchev–Trinajstić information content (AvgIpc) is 3.01. The van der Waals surface area contributed by atoms with Crippen molar-refractivity contribution in [2.45, 2.75) is 12.8 Å². The molecule has 0 aromatic heterocycles. The van der Waals surface area contributed by atoms with E-state index in [1.54, 1.807) is 54.5 Å². The highest BCUT2D eigenvalue weighted by Crippen LogP contribution is 2.30. The molecule has 3 rings (SSSR count). The molecule has 1 fully saturated rings. The van der Waals surface area contributed by atoms with Crippen LogP contribution in [0.1, 0.15) is 23.2 Å². The molecule has 6 heteroatoms. The Morgan fingerprint density at radius 1 is 1.25 bits per heavy atom. The van der Waals surface area contributed by atoms with Gasteiger partial charge in [-0.3, -0.25) is 9.59 Å². The van der Waals surface area contributed by atoms with Gasteiger partial charge in [0.2, 0.25) is 5.91 Å². The Bertz CT molecular complexity index is 792. The molecule has 1 saturated heterocycles. The van der Waals surface area contributed by atoms with Gasteiger partial charge in [0.05, 0.1) is 17.8 Å². The van der Waals surface area contributed by atoms with Crippen LogP contribution in [0, 0.1) is 0 Å². The maximum atomic E-state index is 12.5. The Morgan fingerprint density at radius 3 is 2.79 bits per heavy atom. The zero-order valence-corrected chi connectivity index (χ0v) is 14.0. The van der Waals surface area contributed by atoms with Crippen LogP contribution in [0.25, 0.3) is 0 Å². The summed E-state index contributed by atoms with van der Waals surface area (Å²) < 4.78 is 5.14. The number of halogens is 1. The lowest BCUT2D eigenvalue weighted by Gasteiger charge is -2.18. The monoisotopic (exact) mass is 344 g/mol. The molecule has 1 aliphatic rings. The van der Waals surface area contributed by atoms with E-state index in [4.69, 9.17) is 16.3 Å². The van der Waals surface area contributed by atoms with Crippen molar-refractivity contribution in [3.63, 3.8) is 0 Å². The van der Waals surface area contributed by atoms with E-state index in [-0.39, 0.29) is 11.8 Å². The molecule has 2 amide bonds. The number of nitrogens with one attached hydrogen (secondary N) is 1. The lowest BCUT2D eigenvalue weighted by atomic mass is 10.1. The Hall–Kier alpha value is -2.53. The van der Waals surface area contributed by atoms with Crippen molar-refractivity contribution >= 4 is 34.8 Å². The third-order valence-corrected chi connectivity index (χ3v) is 4.22. The van der Waals surface area contributed by atoms with Crippen LogP contribution in [-0.4, -0.2) is 25.5 Å². The predicted molar refractivity (Wildman–Crippen MR) is 94.0 cm³/mol. The van der Waals surface area contributed by atoms with Crippen molar-refractivity contribution in [3.05, 3.63) is 53.1 Å². The Labute approximate surface area is 145 Å². The molecule has 1 aliphatic heterocycles. The van der Waals surface area contributed by atoms with Crippen LogP contribution in [0.2, 0.25) is 5.02 Å². The van der Waals surface area contributed by atoms with Gasteiger partial charge in [0.25, 0.3) is 5.91 Å². The van der Waals surface area contributed by atoms with E-state index in [9.17, 15) is 9.59 Å². The molecule has 5 nitrogen and oxygen atoms in total. The summed E-state index contributed by atoms with van der Waals surface area (Å²) in [6.45, 7) is 0.625. The number of carbonyl (C=O) groups is 2. The van der Waals surface area contributed by atoms with E-state index in [1.165, 1.54) is 0 Å². The first-order valence-electron chi connectivity index (χ1n) is 7.64. The van der Waals surface area contributed by atoms with Gasteiger partial charge in [0.15, 0.2) is 0 Å². The Kier molecular flexibility index (Phi) is 4.71. The van der Waals surface area contributed by atoms with Crippen LogP contribution in [0.5, 0.6) is 5.75 Å². The SMILES string of the molecule is COc1cccc(NC(=O)c2ccc(Cl)c(N3CCCC3=O)c2)c1. The number of hydrogen-bond acceptors (Lipinski definition) is 3. The van der Waals surface area contributed by atoms with Gasteiger partial charge in [-0.1, -0.05) is 17.7 Å². The molecule has 0 bridgehead atoms. The number of methoxy groups -OCH3 is 1. The molecule has 2 aromatic rings. The minimum atomic E-state index is -0.271. The number of anilines is 2.